The molecule has 2 N–H and O–H groups in total. The number of alkyl halides is 3. The summed E-state index contributed by atoms with van der Waals surface area (Å²) in [6, 6.07) is 6.58. The topological polar surface area (TPSA) is 58.1 Å². The molecule has 176 valence electrons. The third-order valence-electron chi connectivity index (χ3n) is 5.36. The number of hydrogen-bond acceptors (Lipinski definition) is 5. The van der Waals surface area contributed by atoms with Crippen LogP contribution < -0.4 is 15.4 Å². The molecule has 2 heterocycles. The monoisotopic (exact) mass is 574 g/mol. The van der Waals surface area contributed by atoms with E-state index in [9.17, 15) is 13.2 Å². The number of nitrogens with zero attached hydrogens (tertiary/aromatic N) is 2. The van der Waals surface area contributed by atoms with Crippen LogP contribution in [0.3, 0.4) is 0 Å². The number of guanidine groups is 1. The Bertz CT molecular complexity index is 695. The molecule has 1 aromatic carbocycles. The Morgan fingerprint density at radius 1 is 1.23 bits per heavy atom. The van der Waals surface area contributed by atoms with Crippen LogP contribution in [0.5, 0.6) is 5.75 Å². The van der Waals surface area contributed by atoms with Crippen LogP contribution in [0.15, 0.2) is 29.3 Å². The molecule has 2 aliphatic rings. The predicted octanol–water partition coefficient (Wildman–Crippen LogP) is 3.12. The molecule has 6 nitrogen and oxygen atoms in total. The van der Waals surface area contributed by atoms with Crippen LogP contribution >= 0.6 is 35.7 Å². The van der Waals surface area contributed by atoms with Gasteiger partial charge in [-0.15, -0.1) is 24.0 Å². The van der Waals surface area contributed by atoms with Crippen molar-refractivity contribution in [2.45, 2.75) is 24.7 Å². The Kier molecular flexibility index (Phi) is 10.5. The highest BCUT2D eigenvalue weighted by Gasteiger charge is 2.40. The van der Waals surface area contributed by atoms with Gasteiger partial charge in [0, 0.05) is 44.5 Å². The van der Waals surface area contributed by atoms with Crippen LogP contribution in [-0.4, -0.2) is 80.6 Å². The average molecular weight is 574 g/mol. The zero-order valence-electron chi connectivity index (χ0n) is 17.5. The molecule has 3 rings (SSSR count). The quantitative estimate of drug-likeness (QED) is 0.297. The summed E-state index contributed by atoms with van der Waals surface area (Å²) in [6.45, 7) is 3.50. The van der Waals surface area contributed by atoms with E-state index in [1.165, 1.54) is 0 Å². The molecule has 31 heavy (non-hydrogen) atoms. The summed E-state index contributed by atoms with van der Waals surface area (Å²) in [7, 11) is 1.73. The minimum atomic E-state index is -4.34. The number of morpholine rings is 1. The Morgan fingerprint density at radius 3 is 2.52 bits per heavy atom. The molecule has 2 aliphatic heterocycles. The second-order valence-electron chi connectivity index (χ2n) is 7.45. The lowest BCUT2D eigenvalue weighted by atomic mass is 9.95. The van der Waals surface area contributed by atoms with Gasteiger partial charge in [-0.05, 0) is 29.9 Å². The van der Waals surface area contributed by atoms with Crippen molar-refractivity contribution in [3.8, 4) is 5.75 Å². The van der Waals surface area contributed by atoms with Crippen molar-refractivity contribution in [3.05, 3.63) is 29.8 Å². The van der Waals surface area contributed by atoms with Gasteiger partial charge in [0.2, 0.25) is 0 Å². The Hall–Kier alpha value is -0.920. The molecular formula is C20H30F3IN4O2S. The molecule has 1 unspecified atom stereocenters. The summed E-state index contributed by atoms with van der Waals surface area (Å²) in [6.07, 6.45) is -3.20. The summed E-state index contributed by atoms with van der Waals surface area (Å²) in [5, 5.41) is 6.74. The van der Waals surface area contributed by atoms with Crippen molar-refractivity contribution in [1.82, 2.24) is 15.5 Å². The van der Waals surface area contributed by atoms with E-state index in [0.29, 0.717) is 12.5 Å². The van der Waals surface area contributed by atoms with E-state index in [0.717, 1.165) is 56.3 Å². The molecule has 0 aliphatic carbocycles. The summed E-state index contributed by atoms with van der Waals surface area (Å²) in [5.41, 5.74) is 1.04. The molecule has 1 aromatic rings. The third kappa shape index (κ3) is 8.17. The fourth-order valence-corrected chi connectivity index (χ4v) is 5.14. The van der Waals surface area contributed by atoms with Gasteiger partial charge in [0.15, 0.2) is 12.6 Å². The van der Waals surface area contributed by atoms with Gasteiger partial charge < -0.3 is 20.1 Å². The number of hydrogen-bond donors (Lipinski definition) is 2. The first kappa shape index (κ1) is 26.3. The molecule has 0 aromatic heterocycles. The molecule has 2 saturated heterocycles. The maximum absolute atomic E-state index is 12.2. The Labute approximate surface area is 202 Å². The highest BCUT2D eigenvalue weighted by Crippen LogP contribution is 2.33. The molecule has 0 spiro atoms. The van der Waals surface area contributed by atoms with E-state index < -0.39 is 12.8 Å². The van der Waals surface area contributed by atoms with Gasteiger partial charge in [-0.3, -0.25) is 9.89 Å². The minimum Gasteiger partial charge on any atom is -0.484 e. The maximum Gasteiger partial charge on any atom is 0.422 e. The van der Waals surface area contributed by atoms with Crippen molar-refractivity contribution < 1.29 is 22.6 Å². The number of benzene rings is 1. The van der Waals surface area contributed by atoms with E-state index in [1.807, 2.05) is 11.8 Å². The lowest BCUT2D eigenvalue weighted by Gasteiger charge is -2.43. The molecule has 1 atom stereocenters. The molecule has 0 saturated carbocycles. The van der Waals surface area contributed by atoms with Gasteiger partial charge in [0.1, 0.15) is 5.75 Å². The first-order valence-corrected chi connectivity index (χ1v) is 11.2. The predicted molar refractivity (Wildman–Crippen MR) is 129 cm³/mol. The number of rotatable bonds is 7. The van der Waals surface area contributed by atoms with E-state index >= 15 is 0 Å². The lowest BCUT2D eigenvalue weighted by Crippen LogP contribution is -2.60. The fraction of sp³-hybridized carbons (Fsp3) is 0.650. The normalized spacial score (nSPS) is 22.6. The maximum atomic E-state index is 12.2. The van der Waals surface area contributed by atoms with Gasteiger partial charge in [-0.2, -0.15) is 24.9 Å². The van der Waals surface area contributed by atoms with E-state index in [1.54, 1.807) is 31.3 Å². The van der Waals surface area contributed by atoms with Gasteiger partial charge in [0.25, 0.3) is 0 Å². The standard InChI is InChI=1S/C20H29F3N4O2S.HI/c1-24-18(25-12-16-2-4-17(5-3-16)29-14-20(21,22)23)26-13-19(6-11-30-15-19)27-7-9-28-10-8-27;/h2-5H,6-15H2,1H3,(H2,24,25,26);1H. The van der Waals surface area contributed by atoms with E-state index in [2.05, 4.69) is 20.5 Å². The summed E-state index contributed by atoms with van der Waals surface area (Å²) in [5.74, 6) is 3.16. The largest absolute Gasteiger partial charge is 0.484 e. The molecule has 11 heteroatoms. The van der Waals surface area contributed by atoms with E-state index in [4.69, 9.17) is 9.47 Å². The first-order valence-electron chi connectivity index (χ1n) is 10.0. The first-order chi connectivity index (χ1) is 14.4. The van der Waals surface area contributed by atoms with Crippen LogP contribution in [0, 0.1) is 0 Å². The molecular weight excluding hydrogens is 544 g/mol. The average Bonchev–Trinajstić information content (AvgIpc) is 3.23. The van der Waals surface area contributed by atoms with Gasteiger partial charge in [0.05, 0.1) is 13.2 Å². The van der Waals surface area contributed by atoms with Gasteiger partial charge in [-0.1, -0.05) is 12.1 Å². The van der Waals surface area contributed by atoms with Crippen LogP contribution in [0.2, 0.25) is 0 Å². The van der Waals surface area contributed by atoms with Crippen LogP contribution in [0.4, 0.5) is 13.2 Å². The molecule has 0 amide bonds. The Morgan fingerprint density at radius 2 is 1.94 bits per heavy atom. The molecule has 0 bridgehead atoms. The summed E-state index contributed by atoms with van der Waals surface area (Å²) < 4.78 is 47.0. The summed E-state index contributed by atoms with van der Waals surface area (Å²) >= 11 is 1.99. The van der Waals surface area contributed by atoms with E-state index in [-0.39, 0.29) is 35.3 Å². The minimum absolute atomic E-state index is 0. The highest BCUT2D eigenvalue weighted by atomic mass is 127. The smallest absolute Gasteiger partial charge is 0.422 e. The second-order valence-corrected chi connectivity index (χ2v) is 8.56. The number of thioether (sulfide) groups is 1. The molecule has 0 radical (unpaired) electrons. The highest BCUT2D eigenvalue weighted by molar-refractivity contribution is 14.0. The van der Waals surface area contributed by atoms with Crippen molar-refractivity contribution in [2.75, 3.05) is 58.0 Å². The fourth-order valence-electron chi connectivity index (χ4n) is 3.66. The number of halogens is 4. The second kappa shape index (κ2) is 12.4. The zero-order chi connectivity index (χ0) is 21.5. The van der Waals surface area contributed by atoms with Crippen molar-refractivity contribution in [3.63, 3.8) is 0 Å². The third-order valence-corrected chi connectivity index (χ3v) is 6.59. The molecule has 2 fully saturated rings. The Balaban J connectivity index is 0.00000341. The zero-order valence-corrected chi connectivity index (χ0v) is 20.7. The van der Waals surface area contributed by atoms with Gasteiger partial charge >= 0.3 is 6.18 Å². The van der Waals surface area contributed by atoms with Crippen molar-refractivity contribution in [1.29, 1.82) is 0 Å². The van der Waals surface area contributed by atoms with Crippen LogP contribution in [0.1, 0.15) is 12.0 Å². The van der Waals surface area contributed by atoms with Crippen LogP contribution in [-0.2, 0) is 11.3 Å². The number of nitrogens with one attached hydrogen (secondary N) is 2. The number of ether oxygens (including phenoxy) is 2. The van der Waals surface area contributed by atoms with Crippen molar-refractivity contribution in [2.24, 2.45) is 4.99 Å². The van der Waals surface area contributed by atoms with Crippen molar-refractivity contribution >= 4 is 41.7 Å². The number of aliphatic imine (C=N–C) groups is 1. The van der Waals surface area contributed by atoms with Crippen LogP contribution in [0.25, 0.3) is 0 Å². The summed E-state index contributed by atoms with van der Waals surface area (Å²) in [4.78, 5) is 6.85. The lowest BCUT2D eigenvalue weighted by molar-refractivity contribution is -0.153. The SMILES string of the molecule is CN=C(NCc1ccc(OCC(F)(F)F)cc1)NCC1(N2CCOCC2)CCSC1.I. The van der Waals surface area contributed by atoms with Gasteiger partial charge in [-0.25, -0.2) is 0 Å².